The van der Waals surface area contributed by atoms with Gasteiger partial charge < -0.3 is 15.0 Å². The first-order chi connectivity index (χ1) is 14.7. The zero-order valence-corrected chi connectivity index (χ0v) is 20.4. The van der Waals surface area contributed by atoms with Crippen molar-refractivity contribution in [3.63, 3.8) is 0 Å². The Morgan fingerprint density at radius 2 is 1.78 bits per heavy atom. The van der Waals surface area contributed by atoms with E-state index in [9.17, 15) is 4.79 Å². The van der Waals surface area contributed by atoms with Crippen LogP contribution in [0.5, 0.6) is 5.75 Å². The second-order valence-corrected chi connectivity index (χ2v) is 8.71. The van der Waals surface area contributed by atoms with E-state index in [0.29, 0.717) is 19.0 Å². The molecule has 1 amide bonds. The van der Waals surface area contributed by atoms with Crippen LogP contribution >= 0.6 is 24.8 Å². The monoisotopic (exact) mass is 479 g/mol. The van der Waals surface area contributed by atoms with Gasteiger partial charge in [-0.3, -0.25) is 9.69 Å². The van der Waals surface area contributed by atoms with Gasteiger partial charge in [0.05, 0.1) is 13.2 Å². The van der Waals surface area contributed by atoms with Crippen LogP contribution in [0.1, 0.15) is 29.5 Å². The lowest BCUT2D eigenvalue weighted by molar-refractivity contribution is -0.122. The third-order valence-corrected chi connectivity index (χ3v) is 6.27. The minimum atomic E-state index is 0. The van der Waals surface area contributed by atoms with Crippen LogP contribution in [0, 0.1) is 5.92 Å². The number of benzene rings is 2. The van der Waals surface area contributed by atoms with Gasteiger partial charge >= 0.3 is 0 Å². The number of fused-ring (bicyclic) bond motifs is 1. The van der Waals surface area contributed by atoms with Crippen LogP contribution in [0.4, 0.5) is 0 Å². The number of nitrogens with zero attached hydrogens (tertiary/aromatic N) is 2. The largest absolute Gasteiger partial charge is 0.493 e. The van der Waals surface area contributed by atoms with E-state index in [1.165, 1.54) is 11.1 Å². The highest BCUT2D eigenvalue weighted by Gasteiger charge is 2.21. The second-order valence-electron chi connectivity index (χ2n) is 8.71. The summed E-state index contributed by atoms with van der Waals surface area (Å²) < 4.78 is 6.13. The fraction of sp³-hybridized carbons (Fsp3) is 0.480. The number of amides is 1. The first-order valence-corrected chi connectivity index (χ1v) is 11.1. The van der Waals surface area contributed by atoms with E-state index in [1.54, 1.807) is 0 Å². The first-order valence-electron chi connectivity index (χ1n) is 11.1. The Balaban J connectivity index is 0.00000181. The summed E-state index contributed by atoms with van der Waals surface area (Å²) in [5, 5.41) is 3.02. The molecule has 1 N–H and O–H groups in total. The van der Waals surface area contributed by atoms with Crippen molar-refractivity contribution < 1.29 is 9.53 Å². The summed E-state index contributed by atoms with van der Waals surface area (Å²) in [6.45, 7) is 5.92. The molecule has 0 bridgehead atoms. The molecule has 1 fully saturated rings. The fourth-order valence-corrected chi connectivity index (χ4v) is 4.35. The van der Waals surface area contributed by atoms with Crippen LogP contribution in [-0.4, -0.2) is 55.5 Å². The molecule has 2 heterocycles. The highest BCUT2D eigenvalue weighted by atomic mass is 35.5. The van der Waals surface area contributed by atoms with Crippen LogP contribution in [0.15, 0.2) is 48.5 Å². The smallest absolute Gasteiger partial charge is 0.234 e. The van der Waals surface area contributed by atoms with Crippen molar-refractivity contribution >= 4 is 30.7 Å². The Bertz CT molecular complexity index is 842. The van der Waals surface area contributed by atoms with Crippen molar-refractivity contribution in [2.75, 3.05) is 39.8 Å². The molecule has 4 rings (SSSR count). The van der Waals surface area contributed by atoms with Gasteiger partial charge in [0.25, 0.3) is 0 Å². The normalized spacial score (nSPS) is 16.9. The van der Waals surface area contributed by atoms with Gasteiger partial charge in [-0.25, -0.2) is 0 Å². The number of nitrogens with one attached hydrogen (secondary N) is 1. The molecular formula is C25H35Cl2N3O2. The molecule has 2 aromatic rings. The molecule has 32 heavy (non-hydrogen) atoms. The van der Waals surface area contributed by atoms with E-state index >= 15 is 0 Å². The molecule has 0 radical (unpaired) electrons. The Hall–Kier alpha value is -1.79. The maximum atomic E-state index is 12.2. The Labute approximate surface area is 204 Å². The summed E-state index contributed by atoms with van der Waals surface area (Å²) in [6, 6.07) is 16.6. The van der Waals surface area contributed by atoms with E-state index in [0.717, 1.165) is 63.4 Å². The molecule has 0 unspecified atom stereocenters. The Morgan fingerprint density at radius 3 is 2.53 bits per heavy atom. The van der Waals surface area contributed by atoms with E-state index < -0.39 is 0 Å². The van der Waals surface area contributed by atoms with Gasteiger partial charge in [-0.1, -0.05) is 36.4 Å². The SMILES string of the molecule is CN1CCc2ccc(OCC3CCN(CC(=O)NCc4ccccc4)CC3)cc2C1.Cl.Cl. The van der Waals surface area contributed by atoms with E-state index in [4.69, 9.17) is 4.74 Å². The van der Waals surface area contributed by atoms with Crippen molar-refractivity contribution in [2.24, 2.45) is 5.92 Å². The molecule has 0 atom stereocenters. The number of likely N-dealkylation sites (N-methyl/N-ethyl adjacent to an activating group) is 1. The van der Waals surface area contributed by atoms with Gasteiger partial charge in [0.15, 0.2) is 0 Å². The quantitative estimate of drug-likeness (QED) is 0.653. The molecule has 0 aliphatic carbocycles. The molecule has 1 saturated heterocycles. The topological polar surface area (TPSA) is 44.8 Å². The van der Waals surface area contributed by atoms with Crippen LogP contribution in [-0.2, 0) is 24.3 Å². The number of rotatable bonds is 7. The van der Waals surface area contributed by atoms with Crippen LogP contribution in [0.25, 0.3) is 0 Å². The van der Waals surface area contributed by atoms with Crippen LogP contribution in [0.2, 0.25) is 0 Å². The Kier molecular flexibility index (Phi) is 10.8. The van der Waals surface area contributed by atoms with Gasteiger partial charge in [0.1, 0.15) is 5.75 Å². The maximum absolute atomic E-state index is 12.2. The van der Waals surface area contributed by atoms with Crippen molar-refractivity contribution in [2.45, 2.75) is 32.4 Å². The average Bonchev–Trinajstić information content (AvgIpc) is 2.77. The summed E-state index contributed by atoms with van der Waals surface area (Å²) >= 11 is 0. The third kappa shape index (κ3) is 7.66. The molecule has 176 valence electrons. The minimum Gasteiger partial charge on any atom is -0.493 e. The zero-order valence-electron chi connectivity index (χ0n) is 18.8. The lowest BCUT2D eigenvalue weighted by Crippen LogP contribution is -2.42. The van der Waals surface area contributed by atoms with Crippen molar-refractivity contribution in [3.05, 3.63) is 65.2 Å². The van der Waals surface area contributed by atoms with Crippen molar-refractivity contribution in [3.8, 4) is 5.75 Å². The molecule has 2 aliphatic rings. The second kappa shape index (κ2) is 13.0. The molecule has 0 aromatic heterocycles. The fourth-order valence-electron chi connectivity index (χ4n) is 4.35. The number of carbonyl (C=O) groups is 1. The number of carbonyl (C=O) groups excluding carboxylic acids is 1. The van der Waals surface area contributed by atoms with Gasteiger partial charge in [0.2, 0.25) is 5.91 Å². The van der Waals surface area contributed by atoms with Gasteiger partial charge in [0, 0.05) is 19.6 Å². The van der Waals surface area contributed by atoms with Gasteiger partial charge in [-0.2, -0.15) is 0 Å². The Morgan fingerprint density at radius 1 is 1.03 bits per heavy atom. The summed E-state index contributed by atoms with van der Waals surface area (Å²) in [7, 11) is 2.17. The summed E-state index contributed by atoms with van der Waals surface area (Å²) in [4.78, 5) is 16.9. The number of hydrogen-bond donors (Lipinski definition) is 1. The van der Waals surface area contributed by atoms with Crippen molar-refractivity contribution in [1.82, 2.24) is 15.1 Å². The highest BCUT2D eigenvalue weighted by Crippen LogP contribution is 2.25. The van der Waals surface area contributed by atoms with Gasteiger partial charge in [-0.05, 0) is 74.1 Å². The number of likely N-dealkylation sites (tertiary alicyclic amines) is 1. The molecule has 0 saturated carbocycles. The molecule has 7 heteroatoms. The lowest BCUT2D eigenvalue weighted by Gasteiger charge is -2.31. The number of halogens is 2. The summed E-state index contributed by atoms with van der Waals surface area (Å²) in [6.07, 6.45) is 3.29. The standard InChI is InChI=1S/C25H33N3O2.2ClH/c1-27-12-11-22-7-8-24(15-23(22)17-27)30-19-21-9-13-28(14-10-21)18-25(29)26-16-20-5-3-2-4-6-20;;/h2-8,15,21H,9-14,16-19H2,1H3,(H,26,29);2*1H. The summed E-state index contributed by atoms with van der Waals surface area (Å²) in [5.74, 6) is 1.66. The van der Waals surface area contributed by atoms with Crippen molar-refractivity contribution in [1.29, 1.82) is 0 Å². The van der Waals surface area contributed by atoms with Crippen LogP contribution < -0.4 is 10.1 Å². The van der Waals surface area contributed by atoms with E-state index in [2.05, 4.69) is 40.4 Å². The third-order valence-electron chi connectivity index (χ3n) is 6.27. The van der Waals surface area contributed by atoms with E-state index in [-0.39, 0.29) is 30.7 Å². The molecule has 2 aromatic carbocycles. The predicted octanol–water partition coefficient (Wildman–Crippen LogP) is 3.93. The van der Waals surface area contributed by atoms with Crippen LogP contribution in [0.3, 0.4) is 0 Å². The van der Waals surface area contributed by atoms with Gasteiger partial charge in [-0.15, -0.1) is 24.8 Å². The maximum Gasteiger partial charge on any atom is 0.234 e. The average molecular weight is 480 g/mol. The minimum absolute atomic E-state index is 0. The number of ether oxygens (including phenoxy) is 1. The molecular weight excluding hydrogens is 445 g/mol. The molecule has 0 spiro atoms. The lowest BCUT2D eigenvalue weighted by atomic mass is 9.97. The zero-order chi connectivity index (χ0) is 20.8. The van der Waals surface area contributed by atoms with E-state index in [1.807, 2.05) is 30.3 Å². The highest BCUT2D eigenvalue weighted by molar-refractivity contribution is 5.85. The number of piperidine rings is 1. The molecule has 2 aliphatic heterocycles. The molecule has 5 nitrogen and oxygen atoms in total. The summed E-state index contributed by atoms with van der Waals surface area (Å²) in [5.41, 5.74) is 3.99. The first kappa shape index (κ1) is 26.5. The predicted molar refractivity (Wildman–Crippen MR) is 134 cm³/mol. The number of hydrogen-bond acceptors (Lipinski definition) is 4.